The van der Waals surface area contributed by atoms with Crippen LogP contribution in [0.25, 0.3) is 0 Å². The SMILES string of the molecule is COc1ccc(C(Cl)c2ccc(Br)cc2)c(C)c1. The van der Waals surface area contributed by atoms with Gasteiger partial charge < -0.3 is 4.74 Å². The van der Waals surface area contributed by atoms with Gasteiger partial charge in [-0.15, -0.1) is 11.6 Å². The van der Waals surface area contributed by atoms with E-state index in [0.29, 0.717) is 0 Å². The fourth-order valence-corrected chi connectivity index (χ4v) is 2.53. The number of ether oxygens (including phenoxy) is 1. The number of benzene rings is 2. The van der Waals surface area contributed by atoms with Crippen molar-refractivity contribution in [3.63, 3.8) is 0 Å². The molecular formula is C15H14BrClO. The Morgan fingerprint density at radius 2 is 1.78 bits per heavy atom. The first-order chi connectivity index (χ1) is 8.61. The Hall–Kier alpha value is -0.990. The van der Waals surface area contributed by atoms with Crippen LogP contribution in [0.1, 0.15) is 22.1 Å². The third kappa shape index (κ3) is 2.88. The molecule has 0 bridgehead atoms. The van der Waals surface area contributed by atoms with Crippen LogP contribution in [0.4, 0.5) is 0 Å². The lowest BCUT2D eigenvalue weighted by Gasteiger charge is -2.14. The zero-order valence-corrected chi connectivity index (χ0v) is 12.6. The summed E-state index contributed by atoms with van der Waals surface area (Å²) in [7, 11) is 1.67. The van der Waals surface area contributed by atoms with Crippen molar-refractivity contribution in [1.82, 2.24) is 0 Å². The van der Waals surface area contributed by atoms with E-state index in [1.165, 1.54) is 0 Å². The highest BCUT2D eigenvalue weighted by atomic mass is 79.9. The molecule has 2 aromatic carbocycles. The highest BCUT2D eigenvalue weighted by Gasteiger charge is 2.13. The van der Waals surface area contributed by atoms with E-state index < -0.39 is 0 Å². The third-order valence-electron chi connectivity index (χ3n) is 2.91. The topological polar surface area (TPSA) is 9.23 Å². The minimum Gasteiger partial charge on any atom is -0.497 e. The number of aryl methyl sites for hydroxylation is 1. The highest BCUT2D eigenvalue weighted by Crippen LogP contribution is 2.33. The first-order valence-electron chi connectivity index (χ1n) is 5.66. The quantitative estimate of drug-likeness (QED) is 0.714. The standard InChI is InChI=1S/C15H14BrClO/c1-10-9-13(18-2)7-8-14(10)15(17)11-3-5-12(16)6-4-11/h3-9,15H,1-2H3. The summed E-state index contributed by atoms with van der Waals surface area (Å²) >= 11 is 9.95. The molecule has 2 rings (SSSR count). The molecule has 0 fully saturated rings. The van der Waals surface area contributed by atoms with E-state index in [9.17, 15) is 0 Å². The lowest BCUT2D eigenvalue weighted by molar-refractivity contribution is 0.414. The van der Waals surface area contributed by atoms with Crippen LogP contribution in [0, 0.1) is 6.92 Å². The molecule has 2 aromatic rings. The van der Waals surface area contributed by atoms with Gasteiger partial charge >= 0.3 is 0 Å². The Bertz CT molecular complexity index is 537. The molecule has 1 atom stereocenters. The monoisotopic (exact) mass is 324 g/mol. The molecule has 3 heteroatoms. The number of rotatable bonds is 3. The Kier molecular flexibility index (Phi) is 4.31. The first-order valence-corrected chi connectivity index (χ1v) is 6.89. The van der Waals surface area contributed by atoms with Crippen LogP contribution >= 0.6 is 27.5 Å². The lowest BCUT2D eigenvalue weighted by Crippen LogP contribution is -1.97. The van der Waals surface area contributed by atoms with Crippen molar-refractivity contribution in [2.24, 2.45) is 0 Å². The van der Waals surface area contributed by atoms with Crippen LogP contribution in [0.5, 0.6) is 5.75 Å². The molecule has 0 spiro atoms. The van der Waals surface area contributed by atoms with Crippen LogP contribution in [-0.4, -0.2) is 7.11 Å². The molecule has 94 valence electrons. The van der Waals surface area contributed by atoms with Crippen LogP contribution in [0.3, 0.4) is 0 Å². The van der Waals surface area contributed by atoms with E-state index in [1.54, 1.807) is 7.11 Å². The molecule has 1 unspecified atom stereocenters. The maximum absolute atomic E-state index is 6.53. The van der Waals surface area contributed by atoms with Crippen LogP contribution in [0.15, 0.2) is 46.9 Å². The fraction of sp³-hybridized carbons (Fsp3) is 0.200. The second kappa shape index (κ2) is 5.77. The predicted octanol–water partition coefficient (Wildman–Crippen LogP) is 5.09. The summed E-state index contributed by atoms with van der Waals surface area (Å²) in [6.45, 7) is 2.05. The van der Waals surface area contributed by atoms with E-state index in [0.717, 1.165) is 26.9 Å². The van der Waals surface area contributed by atoms with Crippen molar-refractivity contribution >= 4 is 27.5 Å². The Labute approximate surface area is 121 Å². The van der Waals surface area contributed by atoms with Gasteiger partial charge in [0.2, 0.25) is 0 Å². The third-order valence-corrected chi connectivity index (χ3v) is 3.93. The van der Waals surface area contributed by atoms with Gasteiger partial charge in [0, 0.05) is 4.47 Å². The molecule has 18 heavy (non-hydrogen) atoms. The summed E-state index contributed by atoms with van der Waals surface area (Å²) in [5, 5.41) is -0.135. The summed E-state index contributed by atoms with van der Waals surface area (Å²) in [6, 6.07) is 14.0. The van der Waals surface area contributed by atoms with Gasteiger partial charge in [-0.2, -0.15) is 0 Å². The van der Waals surface area contributed by atoms with Crippen molar-refractivity contribution in [3.8, 4) is 5.75 Å². The molecule has 0 aliphatic heterocycles. The number of alkyl halides is 1. The summed E-state index contributed by atoms with van der Waals surface area (Å²) in [5.74, 6) is 0.857. The lowest BCUT2D eigenvalue weighted by atomic mass is 10.00. The second-order valence-corrected chi connectivity index (χ2v) is 5.49. The maximum Gasteiger partial charge on any atom is 0.119 e. The molecule has 1 nitrogen and oxygen atoms in total. The Balaban J connectivity index is 2.33. The zero-order valence-electron chi connectivity index (χ0n) is 10.3. The minimum absolute atomic E-state index is 0.135. The zero-order chi connectivity index (χ0) is 13.1. The molecule has 0 aliphatic carbocycles. The van der Waals surface area contributed by atoms with Gasteiger partial charge in [0.15, 0.2) is 0 Å². The van der Waals surface area contributed by atoms with Gasteiger partial charge in [0.05, 0.1) is 12.5 Å². The van der Waals surface area contributed by atoms with Crippen molar-refractivity contribution in [2.45, 2.75) is 12.3 Å². The number of methoxy groups -OCH3 is 1. The molecular weight excluding hydrogens is 312 g/mol. The van der Waals surface area contributed by atoms with Crippen LogP contribution in [0.2, 0.25) is 0 Å². The molecule has 0 radical (unpaired) electrons. The smallest absolute Gasteiger partial charge is 0.119 e. The van der Waals surface area contributed by atoms with Crippen molar-refractivity contribution < 1.29 is 4.74 Å². The normalized spacial score (nSPS) is 12.2. The van der Waals surface area contributed by atoms with E-state index in [-0.39, 0.29) is 5.38 Å². The molecule has 0 saturated carbocycles. The summed E-state index contributed by atoms with van der Waals surface area (Å²) in [4.78, 5) is 0. The van der Waals surface area contributed by atoms with Crippen molar-refractivity contribution in [1.29, 1.82) is 0 Å². The summed E-state index contributed by atoms with van der Waals surface area (Å²) < 4.78 is 6.26. The molecule has 0 N–H and O–H groups in total. The number of hydrogen-bond donors (Lipinski definition) is 0. The largest absolute Gasteiger partial charge is 0.497 e. The van der Waals surface area contributed by atoms with Gasteiger partial charge in [0.1, 0.15) is 5.75 Å². The first kappa shape index (κ1) is 13.4. The predicted molar refractivity (Wildman–Crippen MR) is 79.6 cm³/mol. The van der Waals surface area contributed by atoms with E-state index >= 15 is 0 Å². The van der Waals surface area contributed by atoms with E-state index in [4.69, 9.17) is 16.3 Å². The number of halogens is 2. The highest BCUT2D eigenvalue weighted by molar-refractivity contribution is 9.10. The van der Waals surface area contributed by atoms with Crippen LogP contribution < -0.4 is 4.74 Å². The molecule has 0 amide bonds. The van der Waals surface area contributed by atoms with E-state index in [2.05, 4.69) is 15.9 Å². The van der Waals surface area contributed by atoms with Gasteiger partial charge in [0.25, 0.3) is 0 Å². The molecule has 0 saturated heterocycles. The van der Waals surface area contributed by atoms with Gasteiger partial charge in [-0.05, 0) is 47.9 Å². The molecule has 0 aromatic heterocycles. The molecule has 0 aliphatic rings. The Morgan fingerprint density at radius 3 is 2.33 bits per heavy atom. The van der Waals surface area contributed by atoms with Crippen molar-refractivity contribution in [2.75, 3.05) is 7.11 Å². The summed E-state index contributed by atoms with van der Waals surface area (Å²) in [6.07, 6.45) is 0. The maximum atomic E-state index is 6.53. The minimum atomic E-state index is -0.135. The summed E-state index contributed by atoms with van der Waals surface area (Å²) in [5.41, 5.74) is 3.34. The Morgan fingerprint density at radius 1 is 1.11 bits per heavy atom. The average Bonchev–Trinajstić information content (AvgIpc) is 2.38. The van der Waals surface area contributed by atoms with E-state index in [1.807, 2.05) is 49.4 Å². The fourth-order valence-electron chi connectivity index (χ4n) is 1.87. The second-order valence-electron chi connectivity index (χ2n) is 4.14. The van der Waals surface area contributed by atoms with Gasteiger partial charge in [-0.1, -0.05) is 34.1 Å². The van der Waals surface area contributed by atoms with Crippen LogP contribution in [-0.2, 0) is 0 Å². The van der Waals surface area contributed by atoms with Gasteiger partial charge in [-0.3, -0.25) is 0 Å². The molecule has 0 heterocycles. The van der Waals surface area contributed by atoms with Gasteiger partial charge in [-0.25, -0.2) is 0 Å². The number of hydrogen-bond acceptors (Lipinski definition) is 1. The van der Waals surface area contributed by atoms with Crippen molar-refractivity contribution in [3.05, 3.63) is 63.6 Å². The average molecular weight is 326 g/mol.